The predicted octanol–water partition coefficient (Wildman–Crippen LogP) is 3.49. The van der Waals surface area contributed by atoms with Crippen molar-refractivity contribution in [2.24, 2.45) is 5.10 Å². The molecule has 2 aromatic heterocycles. The summed E-state index contributed by atoms with van der Waals surface area (Å²) < 4.78 is 0. The first kappa shape index (κ1) is 19.9. The monoisotopic (exact) mass is 413 g/mol. The zero-order valence-electron chi connectivity index (χ0n) is 15.3. The van der Waals surface area contributed by atoms with Gasteiger partial charge in [0.2, 0.25) is 17.0 Å². The number of pyridine rings is 1. The van der Waals surface area contributed by atoms with E-state index in [4.69, 9.17) is 0 Å². The molecule has 1 amide bonds. The first-order valence-corrected chi connectivity index (χ1v) is 10.6. The topological polar surface area (TPSA) is 108 Å². The number of hydrazone groups is 1. The summed E-state index contributed by atoms with van der Waals surface area (Å²) in [5.41, 5.74) is 5.38. The number of nitrogens with one attached hydrogen (secondary N) is 3. The Kier molecular flexibility index (Phi) is 7.04. The van der Waals surface area contributed by atoms with Crippen LogP contribution in [0.2, 0.25) is 0 Å². The molecule has 0 unspecified atom stereocenters. The van der Waals surface area contributed by atoms with Gasteiger partial charge in [-0.15, -0.1) is 16.9 Å². The molecule has 0 aliphatic heterocycles. The zero-order chi connectivity index (χ0) is 19.8. The molecule has 28 heavy (non-hydrogen) atoms. The van der Waals surface area contributed by atoms with E-state index in [0.717, 1.165) is 21.9 Å². The Balaban J connectivity index is 1.51. The van der Waals surface area contributed by atoms with Crippen LogP contribution in [0.4, 0.5) is 11.6 Å². The number of rotatable bonds is 8. The lowest BCUT2D eigenvalue weighted by Gasteiger charge is -2.08. The number of aromatic amines is 1. The summed E-state index contributed by atoms with van der Waals surface area (Å²) >= 11 is 2.83. The second-order valence-electron chi connectivity index (χ2n) is 5.55. The number of thioether (sulfide) groups is 2. The maximum Gasteiger partial charge on any atom is 0.240 e. The van der Waals surface area contributed by atoms with E-state index in [0.29, 0.717) is 11.1 Å². The third kappa shape index (κ3) is 5.57. The van der Waals surface area contributed by atoms with Gasteiger partial charge in [0.25, 0.3) is 0 Å². The van der Waals surface area contributed by atoms with E-state index >= 15 is 0 Å². The van der Waals surface area contributed by atoms with Gasteiger partial charge in [0, 0.05) is 22.9 Å². The normalized spacial score (nSPS) is 11.3. The summed E-state index contributed by atoms with van der Waals surface area (Å²) in [5.74, 6) is 0.501. The molecule has 144 valence electrons. The van der Waals surface area contributed by atoms with Crippen LogP contribution in [0.25, 0.3) is 0 Å². The number of hydrogen-bond acceptors (Lipinski definition) is 8. The summed E-state index contributed by atoms with van der Waals surface area (Å²) in [4.78, 5) is 21.5. The minimum atomic E-state index is -0.114. The number of amides is 1. The van der Waals surface area contributed by atoms with Crippen LogP contribution in [0.3, 0.4) is 0 Å². The molecule has 0 fully saturated rings. The number of nitrogens with zero attached hydrogens (tertiary/aromatic N) is 4. The molecule has 0 aliphatic carbocycles. The highest BCUT2D eigenvalue weighted by atomic mass is 32.2. The van der Waals surface area contributed by atoms with Crippen molar-refractivity contribution in [2.45, 2.75) is 17.0 Å². The molecule has 0 saturated carbocycles. The average Bonchev–Trinajstić information content (AvgIpc) is 3.19. The van der Waals surface area contributed by atoms with Crippen LogP contribution in [0.15, 0.2) is 63.9 Å². The van der Waals surface area contributed by atoms with Gasteiger partial charge in [-0.2, -0.15) is 10.1 Å². The minimum absolute atomic E-state index is 0.114. The highest BCUT2D eigenvalue weighted by molar-refractivity contribution is 7.99. The van der Waals surface area contributed by atoms with Crippen molar-refractivity contribution in [3.8, 4) is 0 Å². The molecule has 8 nitrogen and oxygen atoms in total. The van der Waals surface area contributed by atoms with Crippen molar-refractivity contribution >= 4 is 46.8 Å². The summed E-state index contributed by atoms with van der Waals surface area (Å²) in [6, 6.07) is 11.4. The highest BCUT2D eigenvalue weighted by Gasteiger charge is 2.09. The van der Waals surface area contributed by atoms with E-state index in [9.17, 15) is 4.79 Å². The van der Waals surface area contributed by atoms with Crippen molar-refractivity contribution in [1.29, 1.82) is 0 Å². The summed E-state index contributed by atoms with van der Waals surface area (Å²) in [5, 5.41) is 14.5. The van der Waals surface area contributed by atoms with Gasteiger partial charge in [0.15, 0.2) is 0 Å². The second-order valence-corrected chi connectivity index (χ2v) is 7.34. The lowest BCUT2D eigenvalue weighted by atomic mass is 10.2. The van der Waals surface area contributed by atoms with Crippen molar-refractivity contribution in [3.05, 3.63) is 54.4 Å². The average molecular weight is 414 g/mol. The minimum Gasteiger partial charge on any atom is -0.324 e. The lowest BCUT2D eigenvalue weighted by Crippen LogP contribution is -2.14. The Morgan fingerprint density at radius 2 is 2.00 bits per heavy atom. The fraction of sp³-hybridized carbons (Fsp3) is 0.167. The number of benzene rings is 1. The third-order valence-corrected chi connectivity index (χ3v) is 5.25. The van der Waals surface area contributed by atoms with Gasteiger partial charge < -0.3 is 5.32 Å². The molecule has 0 atom stereocenters. The highest BCUT2D eigenvalue weighted by Crippen LogP contribution is 2.25. The standard InChI is InChI=1S/C18H19N7OS2/c1-12(13-7-9-19-10-8-13)22-23-17-21-18(25-24-17)28-11-16(26)20-14-5-3-4-6-15(14)27-2/h3-10H,11H2,1-2H3,(H,20,26)(H2,21,23,24,25)/b22-12+. The molecule has 2 heterocycles. The van der Waals surface area contributed by atoms with Crippen LogP contribution in [0, 0.1) is 0 Å². The Morgan fingerprint density at radius 1 is 1.21 bits per heavy atom. The van der Waals surface area contributed by atoms with E-state index < -0.39 is 0 Å². The van der Waals surface area contributed by atoms with Gasteiger partial charge in [-0.25, -0.2) is 10.5 Å². The van der Waals surface area contributed by atoms with Crippen LogP contribution >= 0.6 is 23.5 Å². The van der Waals surface area contributed by atoms with Crippen molar-refractivity contribution in [2.75, 3.05) is 22.8 Å². The summed E-state index contributed by atoms with van der Waals surface area (Å²) in [6.07, 6.45) is 5.39. The predicted molar refractivity (Wildman–Crippen MR) is 114 cm³/mol. The molecule has 0 spiro atoms. The van der Waals surface area contributed by atoms with E-state index in [-0.39, 0.29) is 11.7 Å². The molecule has 3 aromatic rings. The van der Waals surface area contributed by atoms with E-state index in [1.807, 2.05) is 49.6 Å². The maximum absolute atomic E-state index is 12.2. The van der Waals surface area contributed by atoms with Gasteiger partial charge >= 0.3 is 0 Å². The molecule has 0 bridgehead atoms. The molecule has 0 aliphatic rings. The molecular weight excluding hydrogens is 394 g/mol. The fourth-order valence-electron chi connectivity index (χ4n) is 2.22. The maximum atomic E-state index is 12.2. The number of anilines is 2. The van der Waals surface area contributed by atoms with Gasteiger partial charge in [-0.05, 0) is 37.4 Å². The molecular formula is C18H19N7OS2. The molecule has 0 saturated heterocycles. The molecule has 10 heteroatoms. The Morgan fingerprint density at radius 3 is 2.79 bits per heavy atom. The number of carbonyl (C=O) groups excluding carboxylic acids is 1. The van der Waals surface area contributed by atoms with Crippen LogP contribution in [0.1, 0.15) is 12.5 Å². The quantitative estimate of drug-likeness (QED) is 0.295. The number of aromatic nitrogens is 4. The van der Waals surface area contributed by atoms with Crippen molar-refractivity contribution < 1.29 is 4.79 Å². The Hall–Kier alpha value is -2.85. The van der Waals surface area contributed by atoms with Gasteiger partial charge in [0.05, 0.1) is 17.2 Å². The number of H-pyrrole nitrogens is 1. The summed E-state index contributed by atoms with van der Waals surface area (Å²) in [7, 11) is 0. The lowest BCUT2D eigenvalue weighted by molar-refractivity contribution is -0.113. The smallest absolute Gasteiger partial charge is 0.240 e. The largest absolute Gasteiger partial charge is 0.324 e. The number of hydrogen-bond donors (Lipinski definition) is 3. The van der Waals surface area contributed by atoms with E-state index in [1.54, 1.807) is 24.2 Å². The van der Waals surface area contributed by atoms with Crippen molar-refractivity contribution in [3.63, 3.8) is 0 Å². The molecule has 3 N–H and O–H groups in total. The Bertz CT molecular complexity index is 959. The fourth-order valence-corrected chi connectivity index (χ4v) is 3.37. The molecule has 1 aromatic carbocycles. The summed E-state index contributed by atoms with van der Waals surface area (Å²) in [6.45, 7) is 1.88. The third-order valence-electron chi connectivity index (χ3n) is 3.61. The van der Waals surface area contributed by atoms with Crippen LogP contribution < -0.4 is 10.7 Å². The van der Waals surface area contributed by atoms with Crippen molar-refractivity contribution in [1.82, 2.24) is 20.2 Å². The zero-order valence-corrected chi connectivity index (χ0v) is 17.0. The second kappa shape index (κ2) is 9.90. The first-order chi connectivity index (χ1) is 13.7. The van der Waals surface area contributed by atoms with Gasteiger partial charge in [-0.3, -0.25) is 9.78 Å². The number of para-hydroxylation sites is 1. The number of carbonyl (C=O) groups is 1. The molecule has 3 rings (SSSR count). The van der Waals surface area contributed by atoms with Crippen LogP contribution in [-0.4, -0.2) is 43.8 Å². The van der Waals surface area contributed by atoms with Crippen LogP contribution in [-0.2, 0) is 4.79 Å². The molecule has 0 radical (unpaired) electrons. The van der Waals surface area contributed by atoms with Gasteiger partial charge in [-0.1, -0.05) is 23.9 Å². The SMILES string of the molecule is CSc1ccccc1NC(=O)CSc1n[nH]c(N/N=C(\C)c2ccncc2)n1. The van der Waals surface area contributed by atoms with Crippen LogP contribution in [0.5, 0.6) is 0 Å². The van der Waals surface area contributed by atoms with E-state index in [2.05, 4.69) is 36.0 Å². The van der Waals surface area contributed by atoms with Gasteiger partial charge in [0.1, 0.15) is 0 Å². The Labute approximate surface area is 171 Å². The van der Waals surface area contributed by atoms with E-state index in [1.165, 1.54) is 11.8 Å². The first-order valence-electron chi connectivity index (χ1n) is 8.34.